The van der Waals surface area contributed by atoms with E-state index in [0.29, 0.717) is 0 Å². The van der Waals surface area contributed by atoms with Gasteiger partial charge in [-0.2, -0.15) is 0 Å². The summed E-state index contributed by atoms with van der Waals surface area (Å²) in [6.45, 7) is 0. The molecule has 86 valence electrons. The Morgan fingerprint density at radius 3 is 2.00 bits per heavy atom. The van der Waals surface area contributed by atoms with E-state index in [0.717, 1.165) is 5.75 Å². The van der Waals surface area contributed by atoms with Crippen LogP contribution in [0.5, 0.6) is 5.75 Å². The number of hydrogen-bond donors (Lipinski definition) is 0. The van der Waals surface area contributed by atoms with E-state index in [9.17, 15) is 0 Å². The molecule has 2 nitrogen and oxygen atoms in total. The van der Waals surface area contributed by atoms with E-state index in [1.807, 2.05) is 12.1 Å². The van der Waals surface area contributed by atoms with E-state index in [1.54, 1.807) is 31.0 Å². The monoisotopic (exact) mass is 261 g/mol. The third-order valence-electron chi connectivity index (χ3n) is 2.49. The zero-order valence-electron chi connectivity index (χ0n) is 9.29. The molecule has 0 aliphatic carbocycles. The summed E-state index contributed by atoms with van der Waals surface area (Å²) in [5, 5.41) is 0. The lowest BCUT2D eigenvalue weighted by atomic mass is 10.3. The number of anilines is 1. The van der Waals surface area contributed by atoms with Crippen LogP contribution in [-0.4, -0.2) is 7.11 Å². The van der Waals surface area contributed by atoms with Gasteiger partial charge in [0.15, 0.2) is 0 Å². The van der Waals surface area contributed by atoms with Crippen LogP contribution in [0.1, 0.15) is 0 Å². The minimum atomic E-state index is 0.889. The lowest BCUT2D eigenvalue weighted by Gasteiger charge is -2.14. The minimum Gasteiger partial charge on any atom is -0.497 e. The predicted octanol–water partition coefficient (Wildman–Crippen LogP) is 4.23. The van der Waals surface area contributed by atoms with Crippen molar-refractivity contribution < 1.29 is 4.74 Å². The van der Waals surface area contributed by atoms with Crippen LogP contribution in [0.2, 0.25) is 0 Å². The van der Waals surface area contributed by atoms with Gasteiger partial charge in [0.25, 0.3) is 0 Å². The first-order valence-electron chi connectivity index (χ1n) is 5.26. The Hall–Kier alpha value is -1.26. The summed E-state index contributed by atoms with van der Waals surface area (Å²) >= 11 is 3.52. The van der Waals surface area contributed by atoms with Crippen molar-refractivity contribution in [2.75, 3.05) is 10.8 Å². The molecular weight excluding hydrogens is 250 g/mol. The summed E-state index contributed by atoms with van der Waals surface area (Å²) in [5.41, 5.74) is 1.18. The first kappa shape index (κ1) is 10.9. The SMILES string of the molecule is COc1ccc(N2Sc3ccccc3S2)cc1. The second kappa shape index (κ2) is 4.55. The standard InChI is InChI=1S/C13H11NOS2/c1-15-11-8-6-10(7-9-11)14-16-12-4-2-3-5-13(12)17-14/h2-9H,1H3. The molecule has 0 spiro atoms. The fourth-order valence-corrected chi connectivity index (χ4v) is 3.87. The van der Waals surface area contributed by atoms with Crippen molar-refractivity contribution in [1.29, 1.82) is 0 Å². The lowest BCUT2D eigenvalue weighted by molar-refractivity contribution is 0.415. The summed E-state index contributed by atoms with van der Waals surface area (Å²) in [6.07, 6.45) is 0. The molecule has 0 bridgehead atoms. The highest BCUT2D eigenvalue weighted by Gasteiger charge is 2.21. The Kier molecular flexibility index (Phi) is 2.91. The van der Waals surface area contributed by atoms with E-state index in [4.69, 9.17) is 4.74 Å². The van der Waals surface area contributed by atoms with Gasteiger partial charge in [0, 0.05) is 33.7 Å². The van der Waals surface area contributed by atoms with E-state index in [2.05, 4.69) is 40.1 Å². The van der Waals surface area contributed by atoms with Crippen LogP contribution in [0.15, 0.2) is 58.3 Å². The molecule has 0 N–H and O–H groups in total. The number of methoxy groups -OCH3 is 1. The zero-order chi connectivity index (χ0) is 11.7. The maximum absolute atomic E-state index is 5.16. The summed E-state index contributed by atoms with van der Waals surface area (Å²) < 4.78 is 7.37. The summed E-state index contributed by atoms with van der Waals surface area (Å²) in [5.74, 6) is 0.889. The number of hydrogen-bond acceptors (Lipinski definition) is 4. The molecule has 3 rings (SSSR count). The van der Waals surface area contributed by atoms with Crippen molar-refractivity contribution in [3.63, 3.8) is 0 Å². The summed E-state index contributed by atoms with van der Waals surface area (Å²) in [6, 6.07) is 16.6. The highest BCUT2D eigenvalue weighted by molar-refractivity contribution is 8.20. The molecule has 0 atom stereocenters. The summed E-state index contributed by atoms with van der Waals surface area (Å²) in [7, 11) is 1.68. The lowest BCUT2D eigenvalue weighted by Crippen LogP contribution is -1.97. The first-order chi connectivity index (χ1) is 8.36. The third-order valence-corrected chi connectivity index (χ3v) is 4.93. The van der Waals surface area contributed by atoms with Crippen LogP contribution in [-0.2, 0) is 0 Å². The molecule has 1 aliphatic rings. The maximum Gasteiger partial charge on any atom is 0.119 e. The van der Waals surface area contributed by atoms with Crippen molar-refractivity contribution in [1.82, 2.24) is 0 Å². The predicted molar refractivity (Wildman–Crippen MR) is 73.6 cm³/mol. The minimum absolute atomic E-state index is 0.889. The molecule has 0 saturated carbocycles. The van der Waals surface area contributed by atoms with Gasteiger partial charge in [0.2, 0.25) is 0 Å². The average Bonchev–Trinajstić information content (AvgIpc) is 2.82. The molecule has 0 radical (unpaired) electrons. The number of rotatable bonds is 2. The summed E-state index contributed by atoms with van der Waals surface area (Å²) in [4.78, 5) is 2.63. The topological polar surface area (TPSA) is 12.5 Å². The second-order valence-corrected chi connectivity index (χ2v) is 5.79. The zero-order valence-corrected chi connectivity index (χ0v) is 10.9. The van der Waals surface area contributed by atoms with E-state index >= 15 is 0 Å². The Balaban J connectivity index is 1.83. The Labute approximate surface area is 109 Å². The smallest absolute Gasteiger partial charge is 0.119 e. The van der Waals surface area contributed by atoms with Crippen molar-refractivity contribution in [2.24, 2.45) is 0 Å². The normalized spacial score (nSPS) is 13.6. The highest BCUT2D eigenvalue weighted by atomic mass is 32.2. The molecule has 0 amide bonds. The van der Waals surface area contributed by atoms with Crippen molar-refractivity contribution >= 4 is 29.6 Å². The molecule has 1 heterocycles. The molecule has 1 aliphatic heterocycles. The van der Waals surface area contributed by atoms with E-state index in [1.165, 1.54) is 15.5 Å². The molecular formula is C13H11NOS2. The number of fused-ring (bicyclic) bond motifs is 1. The van der Waals surface area contributed by atoms with Crippen LogP contribution >= 0.6 is 23.9 Å². The van der Waals surface area contributed by atoms with Crippen LogP contribution in [0.4, 0.5) is 5.69 Å². The number of nitrogens with zero attached hydrogens (tertiary/aromatic N) is 1. The van der Waals surface area contributed by atoms with Crippen LogP contribution in [0.25, 0.3) is 0 Å². The Bertz CT molecular complexity index is 502. The van der Waals surface area contributed by atoms with E-state index < -0.39 is 0 Å². The number of ether oxygens (including phenoxy) is 1. The van der Waals surface area contributed by atoms with Crippen molar-refractivity contribution in [3.05, 3.63) is 48.5 Å². The van der Waals surface area contributed by atoms with Gasteiger partial charge < -0.3 is 4.74 Å². The molecule has 0 aromatic heterocycles. The maximum atomic E-state index is 5.16. The molecule has 0 unspecified atom stereocenters. The van der Waals surface area contributed by atoms with Gasteiger partial charge in [0.05, 0.1) is 12.8 Å². The van der Waals surface area contributed by atoms with Gasteiger partial charge in [-0.3, -0.25) is 0 Å². The Morgan fingerprint density at radius 1 is 0.882 bits per heavy atom. The van der Waals surface area contributed by atoms with Crippen LogP contribution in [0, 0.1) is 0 Å². The average molecular weight is 261 g/mol. The highest BCUT2D eigenvalue weighted by Crippen LogP contribution is 2.48. The number of benzene rings is 2. The molecule has 2 aromatic rings. The fraction of sp³-hybridized carbons (Fsp3) is 0.0769. The van der Waals surface area contributed by atoms with E-state index in [-0.39, 0.29) is 0 Å². The molecule has 0 saturated heterocycles. The van der Waals surface area contributed by atoms with Gasteiger partial charge in [-0.1, -0.05) is 12.1 Å². The van der Waals surface area contributed by atoms with Crippen LogP contribution < -0.4 is 8.45 Å². The third kappa shape index (κ3) is 2.10. The molecule has 2 aromatic carbocycles. The van der Waals surface area contributed by atoms with Gasteiger partial charge in [-0.25, -0.2) is 3.71 Å². The first-order valence-corrected chi connectivity index (χ1v) is 6.80. The van der Waals surface area contributed by atoms with Gasteiger partial charge in [-0.15, -0.1) is 0 Å². The van der Waals surface area contributed by atoms with Crippen molar-refractivity contribution in [2.45, 2.75) is 9.79 Å². The Morgan fingerprint density at radius 2 is 1.47 bits per heavy atom. The second-order valence-electron chi connectivity index (χ2n) is 3.58. The van der Waals surface area contributed by atoms with Gasteiger partial charge in [0.1, 0.15) is 5.75 Å². The van der Waals surface area contributed by atoms with Crippen LogP contribution in [0.3, 0.4) is 0 Å². The molecule has 17 heavy (non-hydrogen) atoms. The van der Waals surface area contributed by atoms with Crippen molar-refractivity contribution in [3.8, 4) is 5.75 Å². The molecule has 0 fully saturated rings. The van der Waals surface area contributed by atoms with Gasteiger partial charge in [-0.05, 0) is 36.4 Å². The fourth-order valence-electron chi connectivity index (χ4n) is 1.61. The molecule has 4 heteroatoms. The quantitative estimate of drug-likeness (QED) is 0.750. The largest absolute Gasteiger partial charge is 0.497 e. The van der Waals surface area contributed by atoms with Gasteiger partial charge >= 0.3 is 0 Å².